The van der Waals surface area contributed by atoms with Gasteiger partial charge in [0.15, 0.2) is 0 Å². The quantitative estimate of drug-likeness (QED) is 0.673. The third kappa shape index (κ3) is 4.14. The van der Waals surface area contributed by atoms with Gasteiger partial charge in [0.05, 0.1) is 12.5 Å². The molecular weight excluding hydrogens is 368 g/mol. The number of carbonyl (C=O) groups is 1. The number of amides is 1. The topological polar surface area (TPSA) is 51.4 Å². The molecule has 0 spiro atoms. The van der Waals surface area contributed by atoms with Crippen LogP contribution >= 0.6 is 11.3 Å². The van der Waals surface area contributed by atoms with E-state index in [1.54, 1.807) is 11.3 Å². The average Bonchev–Trinajstić information content (AvgIpc) is 3.32. The molecule has 1 aliphatic rings. The van der Waals surface area contributed by atoms with Crippen molar-refractivity contribution in [1.29, 1.82) is 0 Å². The SMILES string of the molecule is Cc1[nH]c2ccccc2c1CC(=O)NCC(c1cccs1)N1CCN(C)CC1. The molecule has 1 aromatic carbocycles. The maximum atomic E-state index is 12.8. The monoisotopic (exact) mass is 396 g/mol. The van der Waals surface area contributed by atoms with Crippen LogP contribution in [0.5, 0.6) is 0 Å². The zero-order valence-electron chi connectivity index (χ0n) is 16.6. The molecule has 3 heterocycles. The Hall–Kier alpha value is -2.15. The first kappa shape index (κ1) is 19.2. The summed E-state index contributed by atoms with van der Waals surface area (Å²) in [4.78, 5) is 22.3. The van der Waals surface area contributed by atoms with Gasteiger partial charge in [-0.2, -0.15) is 0 Å². The van der Waals surface area contributed by atoms with Crippen molar-refractivity contribution in [1.82, 2.24) is 20.1 Å². The molecule has 0 aliphatic carbocycles. The number of hydrogen-bond acceptors (Lipinski definition) is 4. The van der Waals surface area contributed by atoms with E-state index in [2.05, 4.69) is 56.8 Å². The minimum atomic E-state index is 0.0866. The van der Waals surface area contributed by atoms with Crippen LogP contribution in [-0.2, 0) is 11.2 Å². The lowest BCUT2D eigenvalue weighted by atomic mass is 10.1. The predicted octanol–water partition coefficient (Wildman–Crippen LogP) is 3.19. The van der Waals surface area contributed by atoms with Crippen molar-refractivity contribution < 1.29 is 4.79 Å². The van der Waals surface area contributed by atoms with Crippen LogP contribution in [0.15, 0.2) is 41.8 Å². The number of fused-ring (bicyclic) bond motifs is 1. The molecule has 148 valence electrons. The van der Waals surface area contributed by atoms with Gasteiger partial charge in [0, 0.05) is 54.2 Å². The van der Waals surface area contributed by atoms with E-state index in [-0.39, 0.29) is 11.9 Å². The van der Waals surface area contributed by atoms with Gasteiger partial charge in [0.2, 0.25) is 5.91 Å². The van der Waals surface area contributed by atoms with Gasteiger partial charge >= 0.3 is 0 Å². The van der Waals surface area contributed by atoms with E-state index in [4.69, 9.17) is 0 Å². The van der Waals surface area contributed by atoms with Gasteiger partial charge in [-0.15, -0.1) is 11.3 Å². The minimum absolute atomic E-state index is 0.0866. The number of piperazine rings is 1. The number of nitrogens with one attached hydrogen (secondary N) is 2. The number of benzene rings is 1. The fourth-order valence-electron chi connectivity index (χ4n) is 4.02. The van der Waals surface area contributed by atoms with E-state index in [0.717, 1.165) is 48.3 Å². The molecule has 2 aromatic heterocycles. The van der Waals surface area contributed by atoms with Gasteiger partial charge in [0.1, 0.15) is 0 Å². The highest BCUT2D eigenvalue weighted by Crippen LogP contribution is 2.26. The summed E-state index contributed by atoms with van der Waals surface area (Å²) in [6.45, 7) is 6.92. The summed E-state index contributed by atoms with van der Waals surface area (Å²) in [7, 11) is 2.17. The first-order valence-electron chi connectivity index (χ1n) is 9.90. The highest BCUT2D eigenvalue weighted by atomic mass is 32.1. The number of likely N-dealkylation sites (N-methyl/N-ethyl adjacent to an activating group) is 1. The fraction of sp³-hybridized carbons (Fsp3) is 0.409. The number of rotatable bonds is 6. The maximum absolute atomic E-state index is 12.8. The zero-order chi connectivity index (χ0) is 19.5. The Bertz CT molecular complexity index is 925. The van der Waals surface area contributed by atoms with Gasteiger partial charge in [-0.25, -0.2) is 0 Å². The smallest absolute Gasteiger partial charge is 0.224 e. The van der Waals surface area contributed by atoms with Crippen molar-refractivity contribution >= 4 is 28.1 Å². The zero-order valence-corrected chi connectivity index (χ0v) is 17.4. The van der Waals surface area contributed by atoms with Crippen LogP contribution in [0.2, 0.25) is 0 Å². The Balaban J connectivity index is 1.43. The summed E-state index contributed by atoms with van der Waals surface area (Å²) in [5, 5.41) is 6.47. The van der Waals surface area contributed by atoms with Gasteiger partial charge in [-0.3, -0.25) is 9.69 Å². The van der Waals surface area contributed by atoms with E-state index < -0.39 is 0 Å². The van der Waals surface area contributed by atoms with Crippen molar-refractivity contribution in [2.24, 2.45) is 0 Å². The lowest BCUT2D eigenvalue weighted by Gasteiger charge is -2.37. The summed E-state index contributed by atoms with van der Waals surface area (Å²) in [5.74, 6) is 0.0866. The van der Waals surface area contributed by atoms with Crippen molar-refractivity contribution in [2.75, 3.05) is 39.8 Å². The van der Waals surface area contributed by atoms with E-state index in [0.29, 0.717) is 13.0 Å². The number of aromatic nitrogens is 1. The molecule has 1 unspecified atom stereocenters. The Morgan fingerprint density at radius 3 is 2.71 bits per heavy atom. The van der Waals surface area contributed by atoms with Crippen LogP contribution in [0.4, 0.5) is 0 Å². The van der Waals surface area contributed by atoms with Crippen LogP contribution in [0.3, 0.4) is 0 Å². The number of thiophene rings is 1. The highest BCUT2D eigenvalue weighted by molar-refractivity contribution is 7.10. The molecule has 1 atom stereocenters. The minimum Gasteiger partial charge on any atom is -0.358 e. The van der Waals surface area contributed by atoms with E-state index in [1.165, 1.54) is 4.88 Å². The third-order valence-corrected chi connectivity index (χ3v) is 6.68. The second-order valence-electron chi connectivity index (χ2n) is 7.63. The Morgan fingerprint density at radius 2 is 1.96 bits per heavy atom. The molecule has 0 saturated carbocycles. The van der Waals surface area contributed by atoms with E-state index >= 15 is 0 Å². The second kappa shape index (κ2) is 8.47. The van der Waals surface area contributed by atoms with Crippen molar-refractivity contribution in [3.63, 3.8) is 0 Å². The average molecular weight is 397 g/mol. The molecule has 1 fully saturated rings. The summed E-state index contributed by atoms with van der Waals surface area (Å²) in [6.07, 6.45) is 0.412. The molecule has 4 rings (SSSR count). The van der Waals surface area contributed by atoms with Gasteiger partial charge in [-0.1, -0.05) is 24.3 Å². The Kier molecular flexibility index (Phi) is 5.80. The molecular formula is C22H28N4OS. The lowest BCUT2D eigenvalue weighted by molar-refractivity contribution is -0.120. The number of hydrogen-bond donors (Lipinski definition) is 2. The lowest BCUT2D eigenvalue weighted by Crippen LogP contribution is -2.48. The largest absolute Gasteiger partial charge is 0.358 e. The molecule has 0 bridgehead atoms. The number of para-hydroxylation sites is 1. The number of H-pyrrole nitrogens is 1. The van der Waals surface area contributed by atoms with Crippen molar-refractivity contribution in [2.45, 2.75) is 19.4 Å². The third-order valence-electron chi connectivity index (χ3n) is 5.71. The van der Waals surface area contributed by atoms with Crippen LogP contribution in [0, 0.1) is 6.92 Å². The Labute approximate surface area is 170 Å². The number of carbonyl (C=O) groups excluding carboxylic acids is 1. The molecule has 28 heavy (non-hydrogen) atoms. The van der Waals surface area contributed by atoms with Gasteiger partial charge in [-0.05, 0) is 37.0 Å². The molecule has 2 N–H and O–H groups in total. The molecule has 0 radical (unpaired) electrons. The summed E-state index contributed by atoms with van der Waals surface area (Å²) >= 11 is 1.78. The van der Waals surface area contributed by atoms with E-state index in [9.17, 15) is 4.79 Å². The standard InChI is InChI=1S/C22H28N4OS/c1-16-18(17-6-3-4-7-19(17)24-16)14-22(27)23-15-20(21-8-5-13-28-21)26-11-9-25(2)10-12-26/h3-8,13,20,24H,9-12,14-15H2,1-2H3,(H,23,27). The molecule has 1 aliphatic heterocycles. The van der Waals surface area contributed by atoms with Crippen LogP contribution in [0.25, 0.3) is 10.9 Å². The van der Waals surface area contributed by atoms with Crippen LogP contribution in [-0.4, -0.2) is 60.5 Å². The molecule has 6 heteroatoms. The molecule has 1 amide bonds. The first-order chi connectivity index (χ1) is 13.6. The second-order valence-corrected chi connectivity index (χ2v) is 8.60. The number of aryl methyl sites for hydroxylation is 1. The molecule has 3 aromatic rings. The summed E-state index contributed by atoms with van der Waals surface area (Å²) < 4.78 is 0. The van der Waals surface area contributed by atoms with Crippen LogP contribution in [0.1, 0.15) is 22.2 Å². The predicted molar refractivity (Wildman–Crippen MR) is 116 cm³/mol. The van der Waals surface area contributed by atoms with E-state index in [1.807, 2.05) is 19.1 Å². The molecule has 1 saturated heterocycles. The normalized spacial score (nSPS) is 17.1. The Morgan fingerprint density at radius 1 is 1.18 bits per heavy atom. The van der Waals surface area contributed by atoms with Gasteiger partial charge in [0.25, 0.3) is 0 Å². The summed E-state index contributed by atoms with van der Waals surface area (Å²) in [5.41, 5.74) is 3.27. The molecule has 5 nitrogen and oxygen atoms in total. The number of aromatic amines is 1. The highest BCUT2D eigenvalue weighted by Gasteiger charge is 2.25. The van der Waals surface area contributed by atoms with Crippen molar-refractivity contribution in [3.05, 3.63) is 57.9 Å². The fourth-order valence-corrected chi connectivity index (χ4v) is 4.88. The van der Waals surface area contributed by atoms with Gasteiger partial charge < -0.3 is 15.2 Å². The maximum Gasteiger partial charge on any atom is 0.224 e. The number of nitrogens with zero attached hydrogens (tertiary/aromatic N) is 2. The van der Waals surface area contributed by atoms with Crippen LogP contribution < -0.4 is 5.32 Å². The van der Waals surface area contributed by atoms with Crippen molar-refractivity contribution in [3.8, 4) is 0 Å². The first-order valence-corrected chi connectivity index (χ1v) is 10.8. The summed E-state index contributed by atoms with van der Waals surface area (Å²) in [6, 6.07) is 12.7.